The van der Waals surface area contributed by atoms with E-state index in [0.717, 1.165) is 31.6 Å². The number of hydrazine groups is 1. The molecule has 1 fully saturated rings. The van der Waals surface area contributed by atoms with Crippen molar-refractivity contribution in [1.82, 2.24) is 15.0 Å². The fraction of sp³-hybridized carbons (Fsp3) is 0.812. The minimum absolute atomic E-state index is 0.0444. The molecule has 21 heavy (non-hydrogen) atoms. The van der Waals surface area contributed by atoms with Crippen LogP contribution in [-0.2, 0) is 11.3 Å². The second kappa shape index (κ2) is 7.92. The van der Waals surface area contributed by atoms with Gasteiger partial charge in [0, 0.05) is 25.5 Å². The van der Waals surface area contributed by atoms with E-state index < -0.39 is 0 Å². The summed E-state index contributed by atoms with van der Waals surface area (Å²) in [6.45, 7) is 5.93. The number of nitrogens with zero attached hydrogens (tertiary/aromatic N) is 2. The van der Waals surface area contributed by atoms with Crippen molar-refractivity contribution in [2.24, 2.45) is 5.84 Å². The number of rotatable bonds is 7. The average molecular weight is 294 g/mol. The van der Waals surface area contributed by atoms with Gasteiger partial charge >= 0.3 is 0 Å². The van der Waals surface area contributed by atoms with Crippen LogP contribution < -0.4 is 11.3 Å². The quantitative estimate of drug-likeness (QED) is 0.461. The number of nitrogens with two attached hydrogens (primary N) is 1. The number of imidazole rings is 1. The minimum Gasteiger partial charge on any atom is -0.373 e. The topological polar surface area (TPSA) is 65.1 Å². The molecule has 0 bridgehead atoms. The summed E-state index contributed by atoms with van der Waals surface area (Å²) in [5.74, 6) is 6.95. The molecule has 1 unspecified atom stereocenters. The van der Waals surface area contributed by atoms with Crippen LogP contribution in [-0.4, -0.2) is 21.8 Å². The minimum atomic E-state index is -0.225. The van der Waals surface area contributed by atoms with Crippen molar-refractivity contribution in [3.8, 4) is 0 Å². The Balaban J connectivity index is 2.32. The van der Waals surface area contributed by atoms with Gasteiger partial charge in [-0.25, -0.2) is 10.4 Å². The lowest BCUT2D eigenvalue weighted by Gasteiger charge is -2.39. The molecule has 0 aromatic carbocycles. The zero-order valence-corrected chi connectivity index (χ0v) is 13.5. The van der Waals surface area contributed by atoms with Crippen LogP contribution >= 0.6 is 0 Å². The number of hydrogen-bond acceptors (Lipinski definition) is 4. The van der Waals surface area contributed by atoms with Crippen molar-refractivity contribution in [3.05, 3.63) is 18.2 Å². The Bertz CT molecular complexity index is 410. The summed E-state index contributed by atoms with van der Waals surface area (Å²) in [4.78, 5) is 4.58. The molecule has 0 saturated heterocycles. The second-order valence-corrected chi connectivity index (χ2v) is 5.99. The van der Waals surface area contributed by atoms with E-state index >= 15 is 0 Å². The van der Waals surface area contributed by atoms with Crippen molar-refractivity contribution < 1.29 is 4.74 Å². The summed E-state index contributed by atoms with van der Waals surface area (Å²) < 4.78 is 8.47. The summed E-state index contributed by atoms with van der Waals surface area (Å²) in [7, 11) is 0. The third-order valence-corrected chi connectivity index (χ3v) is 4.54. The van der Waals surface area contributed by atoms with Crippen molar-refractivity contribution in [1.29, 1.82) is 0 Å². The molecule has 5 nitrogen and oxygen atoms in total. The third-order valence-electron chi connectivity index (χ3n) is 4.54. The van der Waals surface area contributed by atoms with Crippen molar-refractivity contribution >= 4 is 0 Å². The van der Waals surface area contributed by atoms with Crippen LogP contribution in [0.25, 0.3) is 0 Å². The predicted octanol–water partition coefficient (Wildman–Crippen LogP) is 2.93. The maximum absolute atomic E-state index is 6.26. The first-order valence-corrected chi connectivity index (χ1v) is 8.38. The summed E-state index contributed by atoms with van der Waals surface area (Å²) in [6.07, 6.45) is 12.1. The van der Waals surface area contributed by atoms with Gasteiger partial charge in [-0.05, 0) is 26.2 Å². The van der Waals surface area contributed by atoms with Crippen LogP contribution in [0.1, 0.15) is 70.7 Å². The van der Waals surface area contributed by atoms with Gasteiger partial charge in [0.2, 0.25) is 0 Å². The first kappa shape index (κ1) is 16.5. The molecule has 120 valence electrons. The molecular weight excluding hydrogens is 264 g/mol. The lowest BCUT2D eigenvalue weighted by Crippen LogP contribution is -2.49. The molecule has 1 aromatic heterocycles. The molecule has 1 aliphatic rings. The van der Waals surface area contributed by atoms with Crippen LogP contribution in [0.5, 0.6) is 0 Å². The average Bonchev–Trinajstić information content (AvgIpc) is 2.79. The Morgan fingerprint density at radius 2 is 2.05 bits per heavy atom. The largest absolute Gasteiger partial charge is 0.373 e. The summed E-state index contributed by atoms with van der Waals surface area (Å²) in [6, 6.07) is -0.0444. The zero-order valence-electron chi connectivity index (χ0n) is 13.5. The molecule has 0 amide bonds. The molecule has 3 N–H and O–H groups in total. The summed E-state index contributed by atoms with van der Waals surface area (Å²) >= 11 is 0. The van der Waals surface area contributed by atoms with Crippen LogP contribution in [0.3, 0.4) is 0 Å². The van der Waals surface area contributed by atoms with Gasteiger partial charge in [-0.15, -0.1) is 0 Å². The Labute approximate surface area is 128 Å². The van der Waals surface area contributed by atoms with Gasteiger partial charge in [0.15, 0.2) is 0 Å². The smallest absolute Gasteiger partial charge is 0.130 e. The fourth-order valence-corrected chi connectivity index (χ4v) is 3.60. The molecule has 5 heteroatoms. The van der Waals surface area contributed by atoms with E-state index in [4.69, 9.17) is 10.6 Å². The normalized spacial score (nSPS) is 20.1. The Kier molecular flexibility index (Phi) is 6.21. The molecule has 0 spiro atoms. The fourth-order valence-electron chi connectivity index (χ4n) is 3.60. The maximum atomic E-state index is 6.26. The van der Waals surface area contributed by atoms with E-state index in [9.17, 15) is 0 Å². The van der Waals surface area contributed by atoms with Gasteiger partial charge in [-0.1, -0.05) is 32.6 Å². The first-order chi connectivity index (χ1) is 10.3. The monoisotopic (exact) mass is 294 g/mol. The van der Waals surface area contributed by atoms with E-state index in [-0.39, 0.29) is 11.6 Å². The summed E-state index contributed by atoms with van der Waals surface area (Å²) in [5.41, 5.74) is 2.79. The molecule has 0 radical (unpaired) electrons. The molecule has 2 rings (SSSR count). The van der Waals surface area contributed by atoms with Gasteiger partial charge in [-0.3, -0.25) is 5.84 Å². The number of aryl methyl sites for hydroxylation is 1. The molecule has 1 heterocycles. The highest BCUT2D eigenvalue weighted by molar-refractivity contribution is 5.08. The standard InChI is InChI=1S/C16H30N4O/c1-3-12-20-13-11-18-15(20)14(19-17)16(21-4-2)9-7-5-6-8-10-16/h11,13-14,19H,3-10,12,17H2,1-2H3. The SMILES string of the molecule is CCCn1ccnc1C(NN)C1(OCC)CCCCCC1. The highest BCUT2D eigenvalue weighted by Crippen LogP contribution is 2.39. The Morgan fingerprint density at radius 3 is 2.62 bits per heavy atom. The lowest BCUT2D eigenvalue weighted by molar-refractivity contribution is -0.0808. The number of hydrogen-bond donors (Lipinski definition) is 2. The van der Waals surface area contributed by atoms with Crippen molar-refractivity contribution in [3.63, 3.8) is 0 Å². The molecule has 1 aliphatic carbocycles. The van der Waals surface area contributed by atoms with Crippen LogP contribution in [0, 0.1) is 0 Å². The van der Waals surface area contributed by atoms with Crippen LogP contribution in [0.2, 0.25) is 0 Å². The van der Waals surface area contributed by atoms with Gasteiger partial charge in [-0.2, -0.15) is 0 Å². The van der Waals surface area contributed by atoms with E-state index in [2.05, 4.69) is 28.8 Å². The molecule has 1 aromatic rings. The zero-order chi connectivity index (χ0) is 15.1. The second-order valence-electron chi connectivity index (χ2n) is 5.99. The predicted molar refractivity (Wildman–Crippen MR) is 84.6 cm³/mol. The third kappa shape index (κ3) is 3.65. The van der Waals surface area contributed by atoms with Gasteiger partial charge < -0.3 is 9.30 Å². The Morgan fingerprint density at radius 1 is 1.33 bits per heavy atom. The maximum Gasteiger partial charge on any atom is 0.130 e. The van der Waals surface area contributed by atoms with Crippen LogP contribution in [0.15, 0.2) is 12.4 Å². The van der Waals surface area contributed by atoms with Gasteiger partial charge in [0.05, 0.1) is 5.60 Å². The molecule has 0 aliphatic heterocycles. The Hall–Kier alpha value is -0.910. The van der Waals surface area contributed by atoms with E-state index in [1.165, 1.54) is 25.7 Å². The van der Waals surface area contributed by atoms with Crippen LogP contribution in [0.4, 0.5) is 0 Å². The van der Waals surface area contributed by atoms with Crippen molar-refractivity contribution in [2.75, 3.05) is 6.61 Å². The number of ether oxygens (including phenoxy) is 1. The van der Waals surface area contributed by atoms with Gasteiger partial charge in [0.25, 0.3) is 0 Å². The van der Waals surface area contributed by atoms with Crippen molar-refractivity contribution in [2.45, 2.75) is 77.0 Å². The van der Waals surface area contributed by atoms with E-state index in [1.54, 1.807) is 0 Å². The highest BCUT2D eigenvalue weighted by Gasteiger charge is 2.42. The lowest BCUT2D eigenvalue weighted by atomic mass is 9.85. The molecular formula is C16H30N4O. The summed E-state index contributed by atoms with van der Waals surface area (Å²) in [5, 5.41) is 0. The molecule has 1 saturated carbocycles. The van der Waals surface area contributed by atoms with E-state index in [1.807, 2.05) is 12.4 Å². The van der Waals surface area contributed by atoms with Gasteiger partial charge in [0.1, 0.15) is 11.9 Å². The van der Waals surface area contributed by atoms with E-state index in [0.29, 0.717) is 6.61 Å². The number of nitrogens with one attached hydrogen (secondary N) is 1. The number of aromatic nitrogens is 2. The first-order valence-electron chi connectivity index (χ1n) is 8.38. The molecule has 1 atom stereocenters. The highest BCUT2D eigenvalue weighted by atomic mass is 16.5.